The first-order valence-corrected chi connectivity index (χ1v) is 7.35. The third-order valence-corrected chi connectivity index (χ3v) is 4.71. The van der Waals surface area contributed by atoms with Gasteiger partial charge in [0.25, 0.3) is 5.89 Å². The van der Waals surface area contributed by atoms with Crippen LogP contribution in [0.4, 0.5) is 5.00 Å². The molecule has 3 aromatic heterocycles. The summed E-state index contributed by atoms with van der Waals surface area (Å²) < 4.78 is 10.4. The predicted molar refractivity (Wildman–Crippen MR) is 75.6 cm³/mol. The number of hydrogen-bond donors (Lipinski definition) is 1. The molecule has 8 heteroatoms. The highest BCUT2D eigenvalue weighted by atomic mass is 79.9. The van der Waals surface area contributed by atoms with Crippen molar-refractivity contribution in [2.45, 2.75) is 6.92 Å². The van der Waals surface area contributed by atoms with Gasteiger partial charge in [-0.2, -0.15) is 9.36 Å². The number of aryl methyl sites for hydroxylation is 1. The van der Waals surface area contributed by atoms with E-state index in [1.807, 2.05) is 19.1 Å². The molecule has 3 rings (SSSR count). The van der Waals surface area contributed by atoms with E-state index in [4.69, 9.17) is 10.3 Å². The van der Waals surface area contributed by atoms with E-state index in [1.54, 1.807) is 11.3 Å². The minimum Gasteiger partial charge on any atom is -0.389 e. The van der Waals surface area contributed by atoms with Gasteiger partial charge >= 0.3 is 0 Å². The number of aromatic nitrogens is 3. The van der Waals surface area contributed by atoms with Gasteiger partial charge in [0.05, 0.1) is 19.9 Å². The zero-order chi connectivity index (χ0) is 12.7. The minimum atomic E-state index is 0.415. The first-order chi connectivity index (χ1) is 8.65. The number of nitrogens with two attached hydrogens (primary N) is 1. The van der Waals surface area contributed by atoms with Crippen molar-refractivity contribution in [3.8, 4) is 22.2 Å². The second-order valence-electron chi connectivity index (χ2n) is 3.53. The molecule has 0 aliphatic heterocycles. The molecule has 92 valence electrons. The lowest BCUT2D eigenvalue weighted by Crippen LogP contribution is -1.86. The molecule has 0 aliphatic carbocycles. The predicted octanol–water partition coefficient (Wildman–Crippen LogP) is 3.57. The van der Waals surface area contributed by atoms with E-state index in [1.165, 1.54) is 11.5 Å². The molecule has 0 radical (unpaired) electrons. The van der Waals surface area contributed by atoms with Gasteiger partial charge in [0, 0.05) is 0 Å². The molecule has 2 N–H and O–H groups in total. The lowest BCUT2D eigenvalue weighted by atomic mass is 10.2. The Morgan fingerprint density at radius 3 is 2.83 bits per heavy atom. The van der Waals surface area contributed by atoms with E-state index in [0.717, 1.165) is 19.9 Å². The van der Waals surface area contributed by atoms with Gasteiger partial charge in [0.15, 0.2) is 0 Å². The Kier molecular flexibility index (Phi) is 2.92. The normalized spacial score (nSPS) is 11.0. The van der Waals surface area contributed by atoms with Crippen LogP contribution in [0.2, 0.25) is 0 Å². The fraction of sp³-hybridized carbons (Fsp3) is 0.100. The highest BCUT2D eigenvalue weighted by Gasteiger charge is 2.18. The van der Waals surface area contributed by atoms with E-state index >= 15 is 0 Å². The lowest BCUT2D eigenvalue weighted by Gasteiger charge is -1.91. The van der Waals surface area contributed by atoms with Crippen molar-refractivity contribution < 1.29 is 4.52 Å². The third-order valence-electron chi connectivity index (χ3n) is 2.32. The van der Waals surface area contributed by atoms with Crippen LogP contribution < -0.4 is 5.73 Å². The molecule has 0 aliphatic rings. The maximum atomic E-state index is 5.85. The van der Waals surface area contributed by atoms with Crippen molar-refractivity contribution >= 4 is 43.8 Å². The van der Waals surface area contributed by atoms with Crippen molar-refractivity contribution in [2.24, 2.45) is 0 Å². The Morgan fingerprint density at radius 1 is 1.39 bits per heavy atom. The third kappa shape index (κ3) is 1.96. The first kappa shape index (κ1) is 11.8. The van der Waals surface area contributed by atoms with Crippen molar-refractivity contribution in [3.05, 3.63) is 21.6 Å². The summed E-state index contributed by atoms with van der Waals surface area (Å²) in [5.74, 6) is 0.976. The van der Waals surface area contributed by atoms with Crippen LogP contribution in [0, 0.1) is 6.92 Å². The lowest BCUT2D eigenvalue weighted by molar-refractivity contribution is 0.432. The van der Waals surface area contributed by atoms with Crippen LogP contribution in [0.1, 0.15) is 5.69 Å². The Morgan fingerprint density at radius 2 is 2.22 bits per heavy atom. The van der Waals surface area contributed by atoms with E-state index in [-0.39, 0.29) is 0 Å². The summed E-state index contributed by atoms with van der Waals surface area (Å²) in [4.78, 5) is 5.30. The summed E-state index contributed by atoms with van der Waals surface area (Å²) in [6.45, 7) is 1.87. The van der Waals surface area contributed by atoms with Gasteiger partial charge in [0.2, 0.25) is 5.82 Å². The minimum absolute atomic E-state index is 0.415. The Bertz CT molecular complexity index is 683. The molecule has 18 heavy (non-hydrogen) atoms. The topological polar surface area (TPSA) is 77.8 Å². The molecular formula is C10H7BrN4OS2. The number of rotatable bonds is 2. The molecule has 3 aromatic rings. The number of nitrogens with zero attached hydrogens (tertiary/aromatic N) is 3. The molecule has 0 aromatic carbocycles. The number of thiophene rings is 1. The molecular weight excluding hydrogens is 336 g/mol. The van der Waals surface area contributed by atoms with Gasteiger partial charge < -0.3 is 10.3 Å². The van der Waals surface area contributed by atoms with E-state index in [2.05, 4.69) is 30.4 Å². The van der Waals surface area contributed by atoms with E-state index in [0.29, 0.717) is 16.7 Å². The number of nitrogen functional groups attached to an aromatic ring is 1. The van der Waals surface area contributed by atoms with Crippen LogP contribution in [-0.2, 0) is 0 Å². The Labute approximate surface area is 119 Å². The highest BCUT2D eigenvalue weighted by Crippen LogP contribution is 2.34. The van der Waals surface area contributed by atoms with Crippen molar-refractivity contribution in [3.63, 3.8) is 0 Å². The van der Waals surface area contributed by atoms with Gasteiger partial charge in [-0.3, -0.25) is 0 Å². The van der Waals surface area contributed by atoms with Crippen LogP contribution in [0.3, 0.4) is 0 Å². The van der Waals surface area contributed by atoms with Crippen LogP contribution in [0.15, 0.2) is 20.4 Å². The molecule has 0 fully saturated rings. The van der Waals surface area contributed by atoms with E-state index < -0.39 is 0 Å². The zero-order valence-electron chi connectivity index (χ0n) is 9.18. The van der Waals surface area contributed by atoms with Crippen molar-refractivity contribution in [2.75, 3.05) is 5.73 Å². The molecule has 0 bridgehead atoms. The largest absolute Gasteiger partial charge is 0.389 e. The molecule has 5 nitrogen and oxygen atoms in total. The molecule has 0 unspecified atom stereocenters. The molecule has 0 spiro atoms. The van der Waals surface area contributed by atoms with Crippen LogP contribution in [-0.4, -0.2) is 14.5 Å². The van der Waals surface area contributed by atoms with Crippen molar-refractivity contribution in [1.82, 2.24) is 14.5 Å². The molecule has 0 amide bonds. The zero-order valence-corrected chi connectivity index (χ0v) is 12.4. The van der Waals surface area contributed by atoms with Gasteiger partial charge in [-0.25, -0.2) is 0 Å². The molecule has 0 saturated heterocycles. The van der Waals surface area contributed by atoms with E-state index in [9.17, 15) is 0 Å². The standard InChI is InChI=1S/C10H7BrN4OS2/c1-4-7(8(12)18-15-4)10-13-9(14-16-10)5-2-3-6(11)17-5/h2-3H,12H2,1H3. The fourth-order valence-corrected chi connectivity index (χ4v) is 3.47. The fourth-order valence-electron chi connectivity index (χ4n) is 1.51. The molecule has 3 heterocycles. The van der Waals surface area contributed by atoms with Gasteiger partial charge in [0.1, 0.15) is 5.00 Å². The average Bonchev–Trinajstić information content (AvgIpc) is 3.00. The SMILES string of the molecule is Cc1nsc(N)c1-c1nc(-c2ccc(Br)s2)no1. The summed E-state index contributed by atoms with van der Waals surface area (Å²) in [6, 6.07) is 3.88. The molecule has 0 saturated carbocycles. The summed E-state index contributed by atoms with van der Waals surface area (Å²) in [5, 5.41) is 4.56. The van der Waals surface area contributed by atoms with Crippen LogP contribution >= 0.6 is 38.8 Å². The first-order valence-electron chi connectivity index (χ1n) is 4.96. The maximum Gasteiger partial charge on any atom is 0.263 e. The van der Waals surface area contributed by atoms with Gasteiger partial charge in [-0.05, 0) is 46.5 Å². The monoisotopic (exact) mass is 342 g/mol. The number of anilines is 1. The number of hydrogen-bond acceptors (Lipinski definition) is 7. The van der Waals surface area contributed by atoms with Crippen molar-refractivity contribution in [1.29, 1.82) is 0 Å². The summed E-state index contributed by atoms with van der Waals surface area (Å²) in [5.41, 5.74) is 7.39. The molecule has 0 atom stereocenters. The highest BCUT2D eigenvalue weighted by molar-refractivity contribution is 9.11. The Hall–Kier alpha value is -1.25. The average molecular weight is 343 g/mol. The second kappa shape index (κ2) is 4.45. The van der Waals surface area contributed by atoms with Crippen LogP contribution in [0.25, 0.3) is 22.2 Å². The summed E-state index contributed by atoms with van der Waals surface area (Å²) in [7, 11) is 0. The Balaban J connectivity index is 2.04. The summed E-state index contributed by atoms with van der Waals surface area (Å²) >= 11 is 6.18. The smallest absolute Gasteiger partial charge is 0.263 e. The number of halogens is 1. The van der Waals surface area contributed by atoms with Gasteiger partial charge in [-0.1, -0.05) is 5.16 Å². The maximum absolute atomic E-state index is 5.85. The van der Waals surface area contributed by atoms with Crippen LogP contribution in [0.5, 0.6) is 0 Å². The summed E-state index contributed by atoms with van der Waals surface area (Å²) in [6.07, 6.45) is 0. The second-order valence-corrected chi connectivity index (χ2v) is 6.80. The quantitative estimate of drug-likeness (QED) is 0.770. The van der Waals surface area contributed by atoms with Gasteiger partial charge in [-0.15, -0.1) is 11.3 Å².